The Labute approximate surface area is 131 Å². The van der Waals surface area contributed by atoms with Crippen LogP contribution in [0.4, 0.5) is 0 Å². The van der Waals surface area contributed by atoms with Crippen LogP contribution in [0.2, 0.25) is 0 Å². The minimum Gasteiger partial charge on any atom is -0.480 e. The summed E-state index contributed by atoms with van der Waals surface area (Å²) in [6, 6.07) is 0. The van der Waals surface area contributed by atoms with Gasteiger partial charge in [-0.2, -0.15) is 0 Å². The van der Waals surface area contributed by atoms with Crippen LogP contribution in [0.25, 0.3) is 0 Å². The second kappa shape index (κ2) is 15.8. The fraction of sp³-hybridized carbons (Fsp3) is 0.944. The monoisotopic (exact) mass is 300 g/mol. The molecular formula is C18H36O3. The SMILES string of the molecule is CCCCCCCCCCC(CCCCC)OCC(=O)O. The van der Waals surface area contributed by atoms with Crippen LogP contribution in [-0.4, -0.2) is 23.8 Å². The second-order valence-electron chi connectivity index (χ2n) is 6.09. The molecule has 1 N–H and O–H groups in total. The van der Waals surface area contributed by atoms with Gasteiger partial charge in [-0.3, -0.25) is 0 Å². The van der Waals surface area contributed by atoms with Gasteiger partial charge in [0.05, 0.1) is 6.10 Å². The molecule has 3 heteroatoms. The van der Waals surface area contributed by atoms with Gasteiger partial charge in [-0.15, -0.1) is 0 Å². The van der Waals surface area contributed by atoms with E-state index < -0.39 is 5.97 Å². The molecule has 0 rings (SSSR count). The average Bonchev–Trinajstić information content (AvgIpc) is 2.46. The van der Waals surface area contributed by atoms with E-state index in [1.54, 1.807) is 0 Å². The van der Waals surface area contributed by atoms with E-state index in [-0.39, 0.29) is 12.7 Å². The van der Waals surface area contributed by atoms with E-state index in [2.05, 4.69) is 13.8 Å². The minimum absolute atomic E-state index is 0.145. The zero-order valence-corrected chi connectivity index (χ0v) is 14.2. The lowest BCUT2D eigenvalue weighted by molar-refractivity contribution is -0.144. The third kappa shape index (κ3) is 15.6. The summed E-state index contributed by atoms with van der Waals surface area (Å²) in [6.45, 7) is 4.29. The second-order valence-corrected chi connectivity index (χ2v) is 6.09. The Morgan fingerprint density at radius 2 is 1.24 bits per heavy atom. The van der Waals surface area contributed by atoms with Crippen molar-refractivity contribution in [3.05, 3.63) is 0 Å². The Morgan fingerprint density at radius 1 is 0.810 bits per heavy atom. The molecule has 0 aromatic carbocycles. The number of aliphatic carboxylic acids is 1. The Balaban J connectivity index is 3.61. The largest absolute Gasteiger partial charge is 0.480 e. The van der Waals surface area contributed by atoms with Crippen molar-refractivity contribution >= 4 is 5.97 Å². The lowest BCUT2D eigenvalue weighted by Gasteiger charge is -2.16. The summed E-state index contributed by atoms with van der Waals surface area (Å²) >= 11 is 0. The van der Waals surface area contributed by atoms with Gasteiger partial charge in [-0.25, -0.2) is 4.79 Å². The van der Waals surface area contributed by atoms with Gasteiger partial charge in [0.25, 0.3) is 0 Å². The normalized spacial score (nSPS) is 12.5. The first-order chi connectivity index (χ1) is 10.2. The van der Waals surface area contributed by atoms with Gasteiger partial charge in [-0.05, 0) is 12.8 Å². The van der Waals surface area contributed by atoms with E-state index >= 15 is 0 Å². The van der Waals surface area contributed by atoms with Crippen molar-refractivity contribution in [2.75, 3.05) is 6.61 Å². The standard InChI is InChI=1S/C18H36O3/c1-3-5-7-8-9-10-11-13-15-17(14-12-6-4-2)21-16-18(19)20/h17H,3-16H2,1-2H3,(H,19,20). The Bertz CT molecular complexity index is 229. The van der Waals surface area contributed by atoms with E-state index in [0.29, 0.717) is 0 Å². The number of hydrogen-bond acceptors (Lipinski definition) is 2. The molecule has 0 heterocycles. The zero-order chi connectivity index (χ0) is 15.8. The molecule has 126 valence electrons. The van der Waals surface area contributed by atoms with E-state index in [9.17, 15) is 4.79 Å². The highest BCUT2D eigenvalue weighted by Crippen LogP contribution is 2.16. The topological polar surface area (TPSA) is 46.5 Å². The van der Waals surface area contributed by atoms with Gasteiger partial charge in [-0.1, -0.05) is 84.5 Å². The molecule has 0 bridgehead atoms. The maximum atomic E-state index is 10.6. The summed E-state index contributed by atoms with van der Waals surface area (Å²) in [5.41, 5.74) is 0. The first-order valence-corrected chi connectivity index (χ1v) is 9.04. The number of rotatable bonds is 16. The number of carboxylic acids is 1. The lowest BCUT2D eigenvalue weighted by Crippen LogP contribution is -2.18. The molecule has 0 fully saturated rings. The average molecular weight is 300 g/mol. The highest BCUT2D eigenvalue weighted by atomic mass is 16.5. The summed E-state index contributed by atoms with van der Waals surface area (Å²) in [4.78, 5) is 10.6. The summed E-state index contributed by atoms with van der Waals surface area (Å²) in [5, 5.41) is 8.72. The molecule has 0 aromatic rings. The van der Waals surface area contributed by atoms with E-state index in [4.69, 9.17) is 9.84 Å². The van der Waals surface area contributed by atoms with Crippen LogP contribution in [0.15, 0.2) is 0 Å². The van der Waals surface area contributed by atoms with E-state index in [1.165, 1.54) is 64.2 Å². The van der Waals surface area contributed by atoms with Crippen molar-refractivity contribution in [2.45, 2.75) is 103 Å². The van der Waals surface area contributed by atoms with Gasteiger partial charge in [0, 0.05) is 0 Å². The summed E-state index contributed by atoms with van der Waals surface area (Å²) in [7, 11) is 0. The first kappa shape index (κ1) is 20.4. The molecule has 0 saturated heterocycles. The highest BCUT2D eigenvalue weighted by molar-refractivity contribution is 5.68. The van der Waals surface area contributed by atoms with Gasteiger partial charge in [0.2, 0.25) is 0 Å². The Morgan fingerprint density at radius 3 is 1.76 bits per heavy atom. The van der Waals surface area contributed by atoms with Crippen molar-refractivity contribution < 1.29 is 14.6 Å². The molecule has 0 radical (unpaired) electrons. The number of ether oxygens (including phenoxy) is 1. The maximum absolute atomic E-state index is 10.6. The van der Waals surface area contributed by atoms with Crippen LogP contribution in [0, 0.1) is 0 Å². The number of hydrogen-bond donors (Lipinski definition) is 1. The van der Waals surface area contributed by atoms with Crippen molar-refractivity contribution in [3.63, 3.8) is 0 Å². The molecule has 0 aliphatic carbocycles. The summed E-state index contributed by atoms with van der Waals surface area (Å²) in [5.74, 6) is -0.855. The predicted molar refractivity (Wildman–Crippen MR) is 88.7 cm³/mol. The molecule has 0 aromatic heterocycles. The van der Waals surface area contributed by atoms with Gasteiger partial charge in [0.1, 0.15) is 6.61 Å². The molecule has 0 aliphatic heterocycles. The van der Waals surface area contributed by atoms with Crippen molar-refractivity contribution in [1.82, 2.24) is 0 Å². The minimum atomic E-state index is -0.855. The third-order valence-corrected chi connectivity index (χ3v) is 3.95. The van der Waals surface area contributed by atoms with Gasteiger partial charge in [0.15, 0.2) is 0 Å². The molecule has 1 unspecified atom stereocenters. The fourth-order valence-corrected chi connectivity index (χ4v) is 2.63. The molecule has 1 atom stereocenters. The number of carbonyl (C=O) groups is 1. The molecule has 21 heavy (non-hydrogen) atoms. The van der Waals surface area contributed by atoms with Crippen LogP contribution < -0.4 is 0 Å². The molecular weight excluding hydrogens is 264 g/mol. The smallest absolute Gasteiger partial charge is 0.329 e. The van der Waals surface area contributed by atoms with Crippen LogP contribution in [0.1, 0.15) is 97.3 Å². The van der Waals surface area contributed by atoms with Crippen LogP contribution >= 0.6 is 0 Å². The predicted octanol–water partition coefficient (Wildman–Crippen LogP) is 5.57. The molecule has 0 spiro atoms. The van der Waals surface area contributed by atoms with Gasteiger partial charge >= 0.3 is 5.97 Å². The lowest BCUT2D eigenvalue weighted by atomic mass is 10.0. The fourth-order valence-electron chi connectivity index (χ4n) is 2.63. The van der Waals surface area contributed by atoms with Crippen LogP contribution in [0.3, 0.4) is 0 Å². The summed E-state index contributed by atoms with van der Waals surface area (Å²) in [6.07, 6.45) is 16.2. The number of unbranched alkanes of at least 4 members (excludes halogenated alkanes) is 9. The highest BCUT2D eigenvalue weighted by Gasteiger charge is 2.10. The molecule has 0 amide bonds. The van der Waals surface area contributed by atoms with E-state index in [0.717, 1.165) is 19.3 Å². The third-order valence-electron chi connectivity index (χ3n) is 3.95. The van der Waals surface area contributed by atoms with Crippen LogP contribution in [0.5, 0.6) is 0 Å². The van der Waals surface area contributed by atoms with Crippen LogP contribution in [-0.2, 0) is 9.53 Å². The van der Waals surface area contributed by atoms with Crippen molar-refractivity contribution in [3.8, 4) is 0 Å². The molecule has 0 aliphatic rings. The van der Waals surface area contributed by atoms with E-state index in [1.807, 2.05) is 0 Å². The van der Waals surface area contributed by atoms with Gasteiger partial charge < -0.3 is 9.84 Å². The maximum Gasteiger partial charge on any atom is 0.329 e. The molecule has 0 saturated carbocycles. The zero-order valence-electron chi connectivity index (χ0n) is 14.2. The Kier molecular flexibility index (Phi) is 15.4. The molecule has 3 nitrogen and oxygen atoms in total. The quantitative estimate of drug-likeness (QED) is 0.379. The summed E-state index contributed by atoms with van der Waals surface area (Å²) < 4.78 is 5.51. The first-order valence-electron chi connectivity index (χ1n) is 9.04. The number of carboxylic acid groups (broad SMARTS) is 1. The Hall–Kier alpha value is -0.570. The van der Waals surface area contributed by atoms with Crippen molar-refractivity contribution in [1.29, 1.82) is 0 Å². The van der Waals surface area contributed by atoms with Crippen molar-refractivity contribution in [2.24, 2.45) is 0 Å².